The summed E-state index contributed by atoms with van der Waals surface area (Å²) in [5.41, 5.74) is 1.10. The normalized spacial score (nSPS) is 12.0. The molecule has 3 rings (SSSR count). The minimum absolute atomic E-state index is 0.287. The van der Waals surface area contributed by atoms with Crippen molar-refractivity contribution in [3.8, 4) is 11.5 Å². The van der Waals surface area contributed by atoms with Crippen LogP contribution in [-0.2, 0) is 6.54 Å². The molecule has 0 spiro atoms. The van der Waals surface area contributed by atoms with Gasteiger partial charge in [-0.05, 0) is 24.6 Å². The van der Waals surface area contributed by atoms with E-state index in [4.69, 9.17) is 9.47 Å². The molecule has 0 radical (unpaired) electrons. The zero-order valence-corrected chi connectivity index (χ0v) is 12.4. The molecule has 1 aliphatic heterocycles. The van der Waals surface area contributed by atoms with Crippen molar-refractivity contribution in [2.75, 3.05) is 24.0 Å². The second-order valence-electron chi connectivity index (χ2n) is 4.90. The summed E-state index contributed by atoms with van der Waals surface area (Å²) in [6.45, 7) is 7.15. The number of hydrogen-bond donors (Lipinski definition) is 2. The van der Waals surface area contributed by atoms with Crippen molar-refractivity contribution in [1.29, 1.82) is 0 Å². The van der Waals surface area contributed by atoms with Crippen molar-refractivity contribution in [2.45, 2.75) is 13.5 Å². The van der Waals surface area contributed by atoms with Gasteiger partial charge in [-0.25, -0.2) is 9.97 Å². The van der Waals surface area contributed by atoms with E-state index in [2.05, 4.69) is 27.2 Å². The van der Waals surface area contributed by atoms with Crippen molar-refractivity contribution in [2.24, 2.45) is 0 Å². The number of aryl methyl sites for hydroxylation is 1. The Bertz CT molecular complexity index is 688. The molecule has 0 atom stereocenters. The molecule has 0 unspecified atom stereocenters. The number of nitrogens with one attached hydrogen (secondary N) is 2. The van der Waals surface area contributed by atoms with Crippen molar-refractivity contribution in [3.05, 3.63) is 48.3 Å². The van der Waals surface area contributed by atoms with Crippen LogP contribution < -0.4 is 20.1 Å². The lowest BCUT2D eigenvalue weighted by molar-refractivity contribution is 0.174. The monoisotopic (exact) mass is 298 g/mol. The maximum absolute atomic E-state index is 5.38. The highest BCUT2D eigenvalue weighted by Crippen LogP contribution is 2.32. The smallest absolute Gasteiger partial charge is 0.231 e. The highest BCUT2D eigenvalue weighted by atomic mass is 16.7. The molecule has 0 saturated heterocycles. The molecule has 114 valence electrons. The van der Waals surface area contributed by atoms with E-state index in [0.29, 0.717) is 18.9 Å². The largest absolute Gasteiger partial charge is 0.454 e. The number of hydrogen-bond acceptors (Lipinski definition) is 6. The van der Waals surface area contributed by atoms with Crippen LogP contribution in [-0.4, -0.2) is 23.3 Å². The van der Waals surface area contributed by atoms with E-state index < -0.39 is 0 Å². The third-order valence-corrected chi connectivity index (χ3v) is 3.18. The number of fused-ring (bicyclic) bond motifs is 1. The molecule has 0 fully saturated rings. The van der Waals surface area contributed by atoms with Crippen LogP contribution in [0.2, 0.25) is 0 Å². The molecule has 6 nitrogen and oxygen atoms in total. The van der Waals surface area contributed by atoms with Crippen LogP contribution in [0.15, 0.2) is 36.9 Å². The number of ether oxygens (including phenoxy) is 2. The average Bonchev–Trinajstić information content (AvgIpc) is 2.98. The Morgan fingerprint density at radius 2 is 1.91 bits per heavy atom. The second-order valence-corrected chi connectivity index (χ2v) is 4.90. The van der Waals surface area contributed by atoms with Gasteiger partial charge in [-0.15, -0.1) is 6.58 Å². The first kappa shape index (κ1) is 14.2. The van der Waals surface area contributed by atoms with Gasteiger partial charge in [0.05, 0.1) is 0 Å². The van der Waals surface area contributed by atoms with Crippen LogP contribution in [0.1, 0.15) is 11.4 Å². The van der Waals surface area contributed by atoms with Crippen molar-refractivity contribution in [3.63, 3.8) is 0 Å². The molecule has 0 saturated carbocycles. The first-order valence-corrected chi connectivity index (χ1v) is 7.07. The Labute approximate surface area is 129 Å². The predicted molar refractivity (Wildman–Crippen MR) is 85.3 cm³/mol. The van der Waals surface area contributed by atoms with Gasteiger partial charge in [0.2, 0.25) is 6.79 Å². The Hall–Kier alpha value is -2.76. The van der Waals surface area contributed by atoms with Crippen molar-refractivity contribution in [1.82, 2.24) is 9.97 Å². The molecule has 0 aliphatic carbocycles. The Morgan fingerprint density at radius 1 is 1.14 bits per heavy atom. The predicted octanol–water partition coefficient (Wildman–Crippen LogP) is 2.72. The summed E-state index contributed by atoms with van der Waals surface area (Å²) in [5, 5.41) is 6.46. The number of anilines is 2. The summed E-state index contributed by atoms with van der Waals surface area (Å²) in [6, 6.07) is 7.77. The van der Waals surface area contributed by atoms with Crippen molar-refractivity contribution < 1.29 is 9.47 Å². The fraction of sp³-hybridized carbons (Fsp3) is 0.250. The zero-order chi connectivity index (χ0) is 15.4. The molecular weight excluding hydrogens is 280 g/mol. The van der Waals surface area contributed by atoms with Crippen LogP contribution >= 0.6 is 0 Å². The van der Waals surface area contributed by atoms with Crippen LogP contribution in [0.3, 0.4) is 0 Å². The Morgan fingerprint density at radius 3 is 2.73 bits per heavy atom. The van der Waals surface area contributed by atoms with Gasteiger partial charge in [-0.3, -0.25) is 0 Å². The molecule has 22 heavy (non-hydrogen) atoms. The Balaban J connectivity index is 1.68. The van der Waals surface area contributed by atoms with E-state index in [-0.39, 0.29) is 6.79 Å². The average molecular weight is 298 g/mol. The number of nitrogens with zero attached hydrogens (tertiary/aromatic N) is 2. The quantitative estimate of drug-likeness (QED) is 0.799. The lowest BCUT2D eigenvalue weighted by Crippen LogP contribution is -2.07. The third-order valence-electron chi connectivity index (χ3n) is 3.18. The summed E-state index contributed by atoms with van der Waals surface area (Å²) in [5.74, 6) is 3.84. The molecule has 2 aromatic rings. The van der Waals surface area contributed by atoms with Gasteiger partial charge in [0.25, 0.3) is 0 Å². The van der Waals surface area contributed by atoms with Crippen molar-refractivity contribution >= 4 is 11.6 Å². The van der Waals surface area contributed by atoms with E-state index in [1.807, 2.05) is 31.2 Å². The van der Waals surface area contributed by atoms with Crippen LogP contribution in [0.25, 0.3) is 0 Å². The van der Waals surface area contributed by atoms with Gasteiger partial charge in [0.15, 0.2) is 11.5 Å². The lowest BCUT2D eigenvalue weighted by Gasteiger charge is -2.09. The minimum atomic E-state index is 0.287. The molecule has 2 N–H and O–H groups in total. The summed E-state index contributed by atoms with van der Waals surface area (Å²) in [6.07, 6.45) is 1.79. The molecular formula is C16H18N4O2. The molecule has 2 heterocycles. The molecule has 6 heteroatoms. The fourth-order valence-electron chi connectivity index (χ4n) is 2.17. The summed E-state index contributed by atoms with van der Waals surface area (Å²) in [7, 11) is 0. The maximum Gasteiger partial charge on any atom is 0.231 e. The molecule has 0 amide bonds. The van der Waals surface area contributed by atoms with E-state index >= 15 is 0 Å². The van der Waals surface area contributed by atoms with Crippen LogP contribution in [0.5, 0.6) is 11.5 Å². The first-order valence-electron chi connectivity index (χ1n) is 7.07. The zero-order valence-electron chi connectivity index (χ0n) is 12.4. The minimum Gasteiger partial charge on any atom is -0.454 e. The van der Waals surface area contributed by atoms with E-state index in [1.165, 1.54) is 0 Å². The van der Waals surface area contributed by atoms with Gasteiger partial charge in [-0.2, -0.15) is 0 Å². The lowest BCUT2D eigenvalue weighted by atomic mass is 10.2. The topological polar surface area (TPSA) is 68.3 Å². The van der Waals surface area contributed by atoms with E-state index in [1.54, 1.807) is 6.08 Å². The summed E-state index contributed by atoms with van der Waals surface area (Å²) >= 11 is 0. The van der Waals surface area contributed by atoms with Gasteiger partial charge >= 0.3 is 0 Å². The maximum atomic E-state index is 5.38. The van der Waals surface area contributed by atoms with Crippen LogP contribution in [0, 0.1) is 6.92 Å². The Kier molecular flexibility index (Phi) is 4.09. The van der Waals surface area contributed by atoms with Gasteiger partial charge < -0.3 is 20.1 Å². The summed E-state index contributed by atoms with van der Waals surface area (Å²) < 4.78 is 10.7. The second kappa shape index (κ2) is 6.34. The molecule has 1 aliphatic rings. The van der Waals surface area contributed by atoms with Crippen LogP contribution in [0.4, 0.5) is 11.6 Å². The van der Waals surface area contributed by atoms with Gasteiger partial charge in [-0.1, -0.05) is 12.1 Å². The molecule has 0 bridgehead atoms. The fourth-order valence-corrected chi connectivity index (χ4v) is 2.17. The SMILES string of the molecule is C=CCNc1cc(NCc2ccc3c(c2)OCO3)nc(C)n1. The highest BCUT2D eigenvalue weighted by Gasteiger charge is 2.13. The molecule has 1 aromatic carbocycles. The first-order chi connectivity index (χ1) is 10.7. The summed E-state index contributed by atoms with van der Waals surface area (Å²) in [4.78, 5) is 8.71. The number of benzene rings is 1. The third kappa shape index (κ3) is 3.28. The highest BCUT2D eigenvalue weighted by molar-refractivity contribution is 5.49. The van der Waals surface area contributed by atoms with Gasteiger partial charge in [0, 0.05) is 19.2 Å². The van der Waals surface area contributed by atoms with E-state index in [0.717, 1.165) is 28.7 Å². The standard InChI is InChI=1S/C16H18N4O2/c1-3-6-17-15-8-16(20-11(2)19-15)18-9-12-4-5-13-14(7-12)22-10-21-13/h3-5,7-8H,1,6,9-10H2,2H3,(H2,17,18,19,20). The molecule has 1 aromatic heterocycles. The van der Waals surface area contributed by atoms with E-state index in [9.17, 15) is 0 Å². The number of rotatable bonds is 6. The van der Waals surface area contributed by atoms with Gasteiger partial charge in [0.1, 0.15) is 17.5 Å². The number of aromatic nitrogens is 2.